The van der Waals surface area contributed by atoms with Gasteiger partial charge in [0.2, 0.25) is 5.91 Å². The zero-order chi connectivity index (χ0) is 19.8. The molecule has 1 atom stereocenters. The maximum Gasteiger partial charge on any atom is 0.224 e. The van der Waals surface area contributed by atoms with E-state index in [2.05, 4.69) is 25.5 Å². The molecule has 1 unspecified atom stereocenters. The molecular formula is C20H26ClN5O2. The van der Waals surface area contributed by atoms with E-state index < -0.39 is 0 Å². The number of benzene rings is 1. The number of aliphatic hydroxyl groups is 1. The molecular weight excluding hydrogens is 378 g/mol. The van der Waals surface area contributed by atoms with Crippen molar-refractivity contribution in [3.63, 3.8) is 0 Å². The van der Waals surface area contributed by atoms with Crippen LogP contribution in [0.25, 0.3) is 0 Å². The Bertz CT molecular complexity index is 771. The topological polar surface area (TPSA) is 90.4 Å². The SMILES string of the molecule is O=C(CCCNc1cc(N2CCCCC2CO)ncn1)Nc1ccc(Cl)cc1. The van der Waals surface area contributed by atoms with Crippen molar-refractivity contribution in [2.45, 2.75) is 38.1 Å². The summed E-state index contributed by atoms with van der Waals surface area (Å²) in [7, 11) is 0. The molecule has 8 heteroatoms. The van der Waals surface area contributed by atoms with Crippen LogP contribution in [0.3, 0.4) is 0 Å². The van der Waals surface area contributed by atoms with E-state index in [4.69, 9.17) is 11.6 Å². The number of halogens is 1. The summed E-state index contributed by atoms with van der Waals surface area (Å²) in [6.07, 6.45) is 5.84. The van der Waals surface area contributed by atoms with Crippen molar-refractivity contribution in [2.24, 2.45) is 0 Å². The van der Waals surface area contributed by atoms with E-state index in [9.17, 15) is 9.90 Å². The summed E-state index contributed by atoms with van der Waals surface area (Å²) in [5.74, 6) is 1.52. The van der Waals surface area contributed by atoms with Gasteiger partial charge < -0.3 is 20.6 Å². The highest BCUT2D eigenvalue weighted by molar-refractivity contribution is 6.30. The lowest BCUT2D eigenvalue weighted by atomic mass is 10.0. The van der Waals surface area contributed by atoms with Gasteiger partial charge in [-0.3, -0.25) is 4.79 Å². The molecule has 1 aromatic heterocycles. The summed E-state index contributed by atoms with van der Waals surface area (Å²) < 4.78 is 0. The van der Waals surface area contributed by atoms with Crippen LogP contribution in [0.2, 0.25) is 5.02 Å². The number of carbonyl (C=O) groups excluding carboxylic acids is 1. The van der Waals surface area contributed by atoms with E-state index in [0.717, 1.165) is 43.1 Å². The molecule has 2 heterocycles. The summed E-state index contributed by atoms with van der Waals surface area (Å²) in [5, 5.41) is 16.3. The van der Waals surface area contributed by atoms with Gasteiger partial charge in [0.1, 0.15) is 18.0 Å². The minimum absolute atomic E-state index is 0.0356. The largest absolute Gasteiger partial charge is 0.394 e. The standard InChI is InChI=1S/C20H26ClN5O2/c21-15-6-8-16(9-7-15)25-20(28)5-3-10-22-18-12-19(24-14-23-18)26-11-2-1-4-17(26)13-27/h6-9,12,14,17,27H,1-5,10-11,13H2,(H,25,28)(H,22,23,24). The Hall–Kier alpha value is -2.38. The lowest BCUT2D eigenvalue weighted by molar-refractivity contribution is -0.116. The molecule has 1 saturated heterocycles. The Kier molecular flexibility index (Phi) is 7.45. The second kappa shape index (κ2) is 10.2. The van der Waals surface area contributed by atoms with Gasteiger partial charge in [0.05, 0.1) is 12.6 Å². The Morgan fingerprint density at radius 1 is 1.25 bits per heavy atom. The van der Waals surface area contributed by atoms with Gasteiger partial charge in [0.25, 0.3) is 0 Å². The van der Waals surface area contributed by atoms with Crippen LogP contribution in [-0.4, -0.2) is 46.7 Å². The molecule has 0 radical (unpaired) electrons. The Balaban J connectivity index is 1.44. The Labute approximate surface area is 170 Å². The quantitative estimate of drug-likeness (QED) is 0.586. The molecule has 0 aliphatic carbocycles. The maximum atomic E-state index is 12.0. The lowest BCUT2D eigenvalue weighted by Gasteiger charge is -2.35. The van der Waals surface area contributed by atoms with Gasteiger partial charge in [-0.25, -0.2) is 9.97 Å². The predicted octanol–water partition coefficient (Wildman–Crippen LogP) is 3.31. The first-order chi connectivity index (χ1) is 13.7. The monoisotopic (exact) mass is 403 g/mol. The molecule has 1 aliphatic heterocycles. The molecule has 3 rings (SSSR count). The summed E-state index contributed by atoms with van der Waals surface area (Å²) in [5.41, 5.74) is 0.739. The Morgan fingerprint density at radius 2 is 2.07 bits per heavy atom. The van der Waals surface area contributed by atoms with Gasteiger partial charge >= 0.3 is 0 Å². The van der Waals surface area contributed by atoms with Gasteiger partial charge in [-0.2, -0.15) is 0 Å². The molecule has 150 valence electrons. The fourth-order valence-electron chi connectivity index (χ4n) is 3.31. The third-order valence-electron chi connectivity index (χ3n) is 4.80. The summed E-state index contributed by atoms with van der Waals surface area (Å²) >= 11 is 5.84. The van der Waals surface area contributed by atoms with Crippen LogP contribution in [0.5, 0.6) is 0 Å². The first-order valence-electron chi connectivity index (χ1n) is 9.64. The number of piperidine rings is 1. The highest BCUT2D eigenvalue weighted by Crippen LogP contribution is 2.24. The number of nitrogens with one attached hydrogen (secondary N) is 2. The third kappa shape index (κ3) is 5.81. The van der Waals surface area contributed by atoms with E-state index in [1.165, 1.54) is 6.33 Å². The number of anilines is 3. The molecule has 1 fully saturated rings. The minimum Gasteiger partial charge on any atom is -0.394 e. The normalized spacial score (nSPS) is 16.6. The number of aromatic nitrogens is 2. The van der Waals surface area contributed by atoms with Crippen LogP contribution in [0, 0.1) is 0 Å². The second-order valence-corrected chi connectivity index (χ2v) is 7.31. The molecule has 2 aromatic rings. The zero-order valence-corrected chi connectivity index (χ0v) is 16.5. The highest BCUT2D eigenvalue weighted by atomic mass is 35.5. The third-order valence-corrected chi connectivity index (χ3v) is 5.05. The predicted molar refractivity (Wildman–Crippen MR) is 112 cm³/mol. The molecule has 1 aliphatic rings. The maximum absolute atomic E-state index is 12.0. The molecule has 3 N–H and O–H groups in total. The van der Waals surface area contributed by atoms with Crippen molar-refractivity contribution >= 4 is 34.8 Å². The Morgan fingerprint density at radius 3 is 2.86 bits per heavy atom. The van der Waals surface area contributed by atoms with Crippen molar-refractivity contribution in [3.8, 4) is 0 Å². The first-order valence-corrected chi connectivity index (χ1v) is 10.0. The molecule has 28 heavy (non-hydrogen) atoms. The van der Waals surface area contributed by atoms with Crippen molar-refractivity contribution in [2.75, 3.05) is 35.2 Å². The average Bonchev–Trinajstić information content (AvgIpc) is 2.73. The van der Waals surface area contributed by atoms with E-state index >= 15 is 0 Å². The molecule has 0 bridgehead atoms. The summed E-state index contributed by atoms with van der Waals surface area (Å²) in [4.78, 5) is 22.8. The molecule has 0 spiro atoms. The molecule has 0 saturated carbocycles. The lowest BCUT2D eigenvalue weighted by Crippen LogP contribution is -2.42. The van der Waals surface area contributed by atoms with Gasteiger partial charge in [-0.15, -0.1) is 0 Å². The molecule has 1 amide bonds. The van der Waals surface area contributed by atoms with Crippen LogP contribution in [0.15, 0.2) is 36.7 Å². The van der Waals surface area contributed by atoms with Crippen LogP contribution in [0.4, 0.5) is 17.3 Å². The number of nitrogens with zero attached hydrogens (tertiary/aromatic N) is 3. The first kappa shape index (κ1) is 20.4. The number of carbonyl (C=O) groups is 1. The molecule has 1 aromatic carbocycles. The van der Waals surface area contributed by atoms with Crippen molar-refractivity contribution < 1.29 is 9.90 Å². The number of aliphatic hydroxyl groups excluding tert-OH is 1. The summed E-state index contributed by atoms with van der Waals surface area (Å²) in [6.45, 7) is 1.66. The van der Waals surface area contributed by atoms with Gasteiger partial charge in [0.15, 0.2) is 0 Å². The van der Waals surface area contributed by atoms with Gasteiger partial charge in [-0.1, -0.05) is 11.6 Å². The van der Waals surface area contributed by atoms with E-state index in [0.29, 0.717) is 24.4 Å². The van der Waals surface area contributed by atoms with Crippen molar-refractivity contribution in [1.29, 1.82) is 0 Å². The zero-order valence-electron chi connectivity index (χ0n) is 15.8. The van der Waals surface area contributed by atoms with Gasteiger partial charge in [-0.05, 0) is 49.9 Å². The fourth-order valence-corrected chi connectivity index (χ4v) is 3.44. The van der Waals surface area contributed by atoms with Crippen LogP contribution in [0.1, 0.15) is 32.1 Å². The second-order valence-electron chi connectivity index (χ2n) is 6.87. The molecule has 7 nitrogen and oxygen atoms in total. The van der Waals surface area contributed by atoms with Crippen LogP contribution < -0.4 is 15.5 Å². The highest BCUT2D eigenvalue weighted by Gasteiger charge is 2.23. The van der Waals surface area contributed by atoms with Crippen LogP contribution in [-0.2, 0) is 4.79 Å². The minimum atomic E-state index is -0.0356. The van der Waals surface area contributed by atoms with E-state index in [-0.39, 0.29) is 18.6 Å². The number of amides is 1. The fraction of sp³-hybridized carbons (Fsp3) is 0.450. The number of rotatable bonds is 8. The average molecular weight is 404 g/mol. The smallest absolute Gasteiger partial charge is 0.224 e. The van der Waals surface area contributed by atoms with E-state index in [1.54, 1.807) is 24.3 Å². The van der Waals surface area contributed by atoms with Gasteiger partial charge in [0, 0.05) is 36.3 Å². The summed E-state index contributed by atoms with van der Waals surface area (Å²) in [6, 6.07) is 9.07. The van der Waals surface area contributed by atoms with E-state index in [1.807, 2.05) is 6.07 Å². The van der Waals surface area contributed by atoms with Crippen LogP contribution >= 0.6 is 11.6 Å². The van der Waals surface area contributed by atoms with Crippen molar-refractivity contribution in [1.82, 2.24) is 9.97 Å². The number of hydrogen-bond donors (Lipinski definition) is 3. The number of hydrogen-bond acceptors (Lipinski definition) is 6. The van der Waals surface area contributed by atoms with Crippen molar-refractivity contribution in [3.05, 3.63) is 41.7 Å².